The summed E-state index contributed by atoms with van der Waals surface area (Å²) in [6, 6.07) is 17.9. The van der Waals surface area contributed by atoms with Crippen molar-refractivity contribution in [2.24, 2.45) is 11.8 Å². The lowest BCUT2D eigenvalue weighted by Crippen LogP contribution is -2.51. The van der Waals surface area contributed by atoms with E-state index in [1.54, 1.807) is 55.5 Å². The van der Waals surface area contributed by atoms with Crippen LogP contribution in [0.5, 0.6) is 0 Å². The van der Waals surface area contributed by atoms with Gasteiger partial charge < -0.3 is 4.74 Å². The summed E-state index contributed by atoms with van der Waals surface area (Å²) in [7, 11) is 0. The lowest BCUT2D eigenvalue weighted by Gasteiger charge is -2.27. The van der Waals surface area contributed by atoms with Crippen LogP contribution >= 0.6 is 23.2 Å². The van der Waals surface area contributed by atoms with Gasteiger partial charge in [0.25, 0.3) is 0 Å². The number of carbonyl (C=O) groups excluding carboxylic acids is 4. The summed E-state index contributed by atoms with van der Waals surface area (Å²) in [6.45, 7) is 1.81. The SMILES string of the molecule is Cc1ccc(N2C(=O)C3C(c4cccc(Cl)c4)OC4(C(=O)c5ccccc5C4=O)C3C2=O)cc1Cl. The highest BCUT2D eigenvalue weighted by Crippen LogP contribution is 2.57. The van der Waals surface area contributed by atoms with Gasteiger partial charge in [-0.2, -0.15) is 0 Å². The van der Waals surface area contributed by atoms with E-state index in [-0.39, 0.29) is 16.8 Å². The van der Waals surface area contributed by atoms with E-state index in [2.05, 4.69) is 0 Å². The van der Waals surface area contributed by atoms with E-state index in [1.165, 1.54) is 18.2 Å². The summed E-state index contributed by atoms with van der Waals surface area (Å²) >= 11 is 12.5. The minimum absolute atomic E-state index is 0.181. The summed E-state index contributed by atoms with van der Waals surface area (Å²) in [4.78, 5) is 56.2. The highest BCUT2D eigenvalue weighted by molar-refractivity contribution is 6.37. The molecule has 1 aliphatic carbocycles. The van der Waals surface area contributed by atoms with Crippen molar-refractivity contribution in [1.82, 2.24) is 0 Å². The third-order valence-electron chi connectivity index (χ3n) is 7.11. The van der Waals surface area contributed by atoms with Gasteiger partial charge in [0.15, 0.2) is 0 Å². The Morgan fingerprint density at radius 2 is 1.51 bits per heavy atom. The lowest BCUT2D eigenvalue weighted by molar-refractivity contribution is -0.127. The average molecular weight is 506 g/mol. The van der Waals surface area contributed by atoms with Crippen molar-refractivity contribution >= 4 is 52.3 Å². The van der Waals surface area contributed by atoms with Crippen LogP contribution < -0.4 is 4.90 Å². The molecule has 8 heteroatoms. The van der Waals surface area contributed by atoms with E-state index >= 15 is 0 Å². The molecular formula is C27H17Cl2NO5. The van der Waals surface area contributed by atoms with Crippen molar-refractivity contribution in [1.29, 1.82) is 0 Å². The quantitative estimate of drug-likeness (QED) is 0.361. The number of rotatable bonds is 2. The molecule has 3 aliphatic rings. The van der Waals surface area contributed by atoms with Crippen LogP contribution in [0.4, 0.5) is 5.69 Å². The number of hydrogen-bond donors (Lipinski definition) is 0. The molecule has 0 bridgehead atoms. The van der Waals surface area contributed by atoms with Crippen LogP contribution in [-0.4, -0.2) is 29.0 Å². The number of anilines is 1. The van der Waals surface area contributed by atoms with E-state index in [4.69, 9.17) is 27.9 Å². The molecule has 3 aromatic rings. The zero-order chi connectivity index (χ0) is 24.6. The van der Waals surface area contributed by atoms with Gasteiger partial charge in [0, 0.05) is 21.2 Å². The summed E-state index contributed by atoms with van der Waals surface area (Å²) in [6.07, 6.45) is -1.02. The fourth-order valence-corrected chi connectivity index (χ4v) is 5.85. The third-order valence-corrected chi connectivity index (χ3v) is 7.75. The van der Waals surface area contributed by atoms with Crippen molar-refractivity contribution in [3.63, 3.8) is 0 Å². The standard InChI is InChI=1S/C27H17Cl2NO5/c1-13-9-10-16(12-19(13)29)30-25(33)20-21(26(30)34)27(35-22(20)14-5-4-6-15(28)11-14)23(31)17-7-2-3-8-18(17)24(27)32/h2-12,20-22H,1H3. The predicted molar refractivity (Wildman–Crippen MR) is 129 cm³/mol. The van der Waals surface area contributed by atoms with E-state index < -0.39 is 46.9 Å². The molecule has 3 aromatic carbocycles. The van der Waals surface area contributed by atoms with Crippen LogP contribution in [0, 0.1) is 18.8 Å². The van der Waals surface area contributed by atoms with Crippen LogP contribution in [-0.2, 0) is 14.3 Å². The fourth-order valence-electron chi connectivity index (χ4n) is 5.48. The topological polar surface area (TPSA) is 80.8 Å². The molecule has 0 N–H and O–H groups in total. The Labute approximate surface area is 210 Å². The number of ketones is 2. The van der Waals surface area contributed by atoms with Gasteiger partial charge in [0.1, 0.15) is 0 Å². The molecule has 174 valence electrons. The van der Waals surface area contributed by atoms with Gasteiger partial charge in [-0.15, -0.1) is 0 Å². The number of hydrogen-bond acceptors (Lipinski definition) is 5. The predicted octanol–water partition coefficient (Wildman–Crippen LogP) is 5.00. The maximum Gasteiger partial charge on any atom is 0.241 e. The molecular weight excluding hydrogens is 489 g/mol. The molecule has 1 spiro atoms. The number of imide groups is 1. The van der Waals surface area contributed by atoms with Crippen molar-refractivity contribution in [3.05, 3.63) is 99.0 Å². The van der Waals surface area contributed by atoms with Crippen molar-refractivity contribution in [2.45, 2.75) is 18.6 Å². The Morgan fingerprint density at radius 3 is 2.14 bits per heavy atom. The summed E-state index contributed by atoms with van der Waals surface area (Å²) < 4.78 is 6.24. The van der Waals surface area contributed by atoms with Crippen molar-refractivity contribution in [3.8, 4) is 0 Å². The van der Waals surface area contributed by atoms with Gasteiger partial charge in [0.05, 0.1) is 23.6 Å². The highest BCUT2D eigenvalue weighted by atomic mass is 35.5. The number of fused-ring (bicyclic) bond motifs is 3. The molecule has 2 aliphatic heterocycles. The molecule has 0 radical (unpaired) electrons. The minimum Gasteiger partial charge on any atom is -0.349 e. The first kappa shape index (κ1) is 22.2. The third kappa shape index (κ3) is 2.88. The molecule has 2 fully saturated rings. The highest BCUT2D eigenvalue weighted by Gasteiger charge is 2.74. The summed E-state index contributed by atoms with van der Waals surface area (Å²) in [5.74, 6) is -4.86. The molecule has 3 unspecified atom stereocenters. The Balaban J connectivity index is 1.55. The molecule has 6 nitrogen and oxygen atoms in total. The molecule has 35 heavy (non-hydrogen) atoms. The smallest absolute Gasteiger partial charge is 0.241 e. The van der Waals surface area contributed by atoms with Crippen LogP contribution in [0.3, 0.4) is 0 Å². The zero-order valence-electron chi connectivity index (χ0n) is 18.3. The fraction of sp³-hybridized carbons (Fsp3) is 0.185. The number of carbonyl (C=O) groups is 4. The van der Waals surface area contributed by atoms with E-state index in [9.17, 15) is 19.2 Å². The zero-order valence-corrected chi connectivity index (χ0v) is 19.8. The summed E-state index contributed by atoms with van der Waals surface area (Å²) in [5, 5.41) is 0.785. The molecule has 2 saturated heterocycles. The molecule has 2 amide bonds. The van der Waals surface area contributed by atoms with Gasteiger partial charge in [0.2, 0.25) is 29.0 Å². The Bertz CT molecular complexity index is 1450. The average Bonchev–Trinajstić information content (AvgIpc) is 3.41. The number of aryl methyl sites for hydroxylation is 1. The summed E-state index contributed by atoms with van der Waals surface area (Å²) in [5.41, 5.74) is -0.202. The van der Waals surface area contributed by atoms with Gasteiger partial charge in [-0.1, -0.05) is 65.7 Å². The lowest BCUT2D eigenvalue weighted by atomic mass is 9.77. The molecule has 0 saturated carbocycles. The number of amides is 2. The van der Waals surface area contributed by atoms with Crippen LogP contribution in [0.2, 0.25) is 10.0 Å². The minimum atomic E-state index is -2.13. The van der Waals surface area contributed by atoms with Gasteiger partial charge in [-0.3, -0.25) is 19.2 Å². The normalized spacial score (nSPS) is 24.4. The molecule has 0 aromatic heterocycles. The molecule has 3 atom stereocenters. The van der Waals surface area contributed by atoms with Crippen molar-refractivity contribution in [2.75, 3.05) is 4.90 Å². The van der Waals surface area contributed by atoms with Crippen molar-refractivity contribution < 1.29 is 23.9 Å². The van der Waals surface area contributed by atoms with Gasteiger partial charge >= 0.3 is 0 Å². The Morgan fingerprint density at radius 1 is 0.829 bits per heavy atom. The van der Waals surface area contributed by atoms with Crippen LogP contribution in [0.1, 0.15) is 37.9 Å². The maximum atomic E-state index is 13.9. The van der Waals surface area contributed by atoms with Crippen LogP contribution in [0.25, 0.3) is 0 Å². The largest absolute Gasteiger partial charge is 0.349 e. The number of ether oxygens (including phenoxy) is 1. The first-order chi connectivity index (χ1) is 16.8. The van der Waals surface area contributed by atoms with E-state index in [0.29, 0.717) is 15.6 Å². The second kappa shape index (κ2) is 7.59. The molecule has 6 rings (SSSR count). The maximum absolute atomic E-state index is 13.9. The number of nitrogens with zero attached hydrogens (tertiary/aromatic N) is 1. The first-order valence-corrected chi connectivity index (χ1v) is 11.8. The van der Waals surface area contributed by atoms with Gasteiger partial charge in [-0.05, 0) is 42.3 Å². The van der Waals surface area contributed by atoms with Gasteiger partial charge in [-0.25, -0.2) is 4.90 Å². The number of benzene rings is 3. The number of halogens is 2. The Hall–Kier alpha value is -3.32. The molecule has 2 heterocycles. The van der Waals surface area contributed by atoms with E-state index in [0.717, 1.165) is 10.5 Å². The monoisotopic (exact) mass is 505 g/mol. The first-order valence-electron chi connectivity index (χ1n) is 11.0. The second-order valence-corrected chi connectivity index (χ2v) is 9.83. The van der Waals surface area contributed by atoms with E-state index in [1.807, 2.05) is 0 Å². The Kier molecular flexibility index (Phi) is 4.81. The second-order valence-electron chi connectivity index (χ2n) is 8.98. The number of Topliss-reactive ketones (excluding diaryl/α,β-unsaturated/α-hetero) is 2. The van der Waals surface area contributed by atoms with Crippen LogP contribution in [0.15, 0.2) is 66.7 Å².